The van der Waals surface area contributed by atoms with Gasteiger partial charge in [0.2, 0.25) is 9.54 Å². The molecule has 3 heterocycles. The molecule has 0 atom stereocenters. The lowest BCUT2D eigenvalue weighted by Crippen LogP contribution is -2.25. The number of hydrogen-bond donors (Lipinski definition) is 2. The van der Waals surface area contributed by atoms with E-state index in [9.17, 15) is 9.59 Å². The van der Waals surface area contributed by atoms with Gasteiger partial charge in [-0.15, -0.1) is 10.2 Å². The number of fused-ring (bicyclic) bond motifs is 1. The Labute approximate surface area is 153 Å². The minimum Gasteiger partial charge on any atom is -0.266 e. The Bertz CT molecular complexity index is 1280. The molecule has 0 aliphatic carbocycles. The minimum atomic E-state index is -0.453. The molecule has 12 heteroatoms. The van der Waals surface area contributed by atoms with Crippen molar-refractivity contribution >= 4 is 35.2 Å². The van der Waals surface area contributed by atoms with Gasteiger partial charge in [0.05, 0.1) is 12.4 Å². The van der Waals surface area contributed by atoms with Gasteiger partial charge in [-0.25, -0.2) is 9.97 Å². The maximum atomic E-state index is 12.1. The SMILES string of the molecule is O=c1cnc(=S)[nH]n1-c1nnc(-n2[nH]c(=S)ncc2=O)c2ccccc12. The maximum absolute atomic E-state index is 12.1. The number of nitrogens with one attached hydrogen (secondary N) is 2. The largest absolute Gasteiger partial charge is 0.289 e. The Hall–Kier alpha value is -3.38. The highest BCUT2D eigenvalue weighted by atomic mass is 32.1. The van der Waals surface area contributed by atoms with Crippen LogP contribution in [0.3, 0.4) is 0 Å². The molecule has 2 N–H and O–H groups in total. The molecule has 0 aliphatic rings. The Morgan fingerprint density at radius 2 is 1.19 bits per heavy atom. The molecule has 4 aromatic rings. The fourth-order valence-corrected chi connectivity index (χ4v) is 2.71. The van der Waals surface area contributed by atoms with E-state index in [-0.39, 0.29) is 21.2 Å². The van der Waals surface area contributed by atoms with E-state index in [2.05, 4.69) is 30.4 Å². The van der Waals surface area contributed by atoms with Gasteiger partial charge in [0.25, 0.3) is 11.1 Å². The molecule has 0 unspecified atom stereocenters. The average molecular weight is 384 g/mol. The Morgan fingerprint density at radius 3 is 1.62 bits per heavy atom. The predicted molar refractivity (Wildman–Crippen MR) is 96.7 cm³/mol. The summed E-state index contributed by atoms with van der Waals surface area (Å²) in [6, 6.07) is 7.03. The number of hydrogen-bond acceptors (Lipinski definition) is 8. The predicted octanol–water partition coefficient (Wildman–Crippen LogP) is 0.837. The summed E-state index contributed by atoms with van der Waals surface area (Å²) in [5, 5.41) is 14.7. The van der Waals surface area contributed by atoms with Crippen LogP contribution in [0.15, 0.2) is 46.2 Å². The van der Waals surface area contributed by atoms with Crippen LogP contribution in [0.25, 0.3) is 22.4 Å². The third-order valence-corrected chi connectivity index (χ3v) is 3.91. The lowest BCUT2D eigenvalue weighted by atomic mass is 10.1. The van der Waals surface area contributed by atoms with Gasteiger partial charge < -0.3 is 0 Å². The van der Waals surface area contributed by atoms with Crippen LogP contribution in [0.5, 0.6) is 0 Å². The van der Waals surface area contributed by atoms with Crippen molar-refractivity contribution in [1.82, 2.24) is 39.7 Å². The van der Waals surface area contributed by atoms with Crippen LogP contribution in [0, 0.1) is 9.54 Å². The molecule has 0 fully saturated rings. The molecule has 0 radical (unpaired) electrons. The first-order valence-corrected chi connectivity index (χ1v) is 7.99. The monoisotopic (exact) mass is 384 g/mol. The highest BCUT2D eigenvalue weighted by molar-refractivity contribution is 7.71. The van der Waals surface area contributed by atoms with Gasteiger partial charge in [-0.3, -0.25) is 19.8 Å². The topological polar surface area (TPSA) is 127 Å². The van der Waals surface area contributed by atoms with E-state index >= 15 is 0 Å². The first-order valence-electron chi connectivity index (χ1n) is 7.17. The molecule has 0 spiro atoms. The van der Waals surface area contributed by atoms with E-state index < -0.39 is 11.1 Å². The van der Waals surface area contributed by atoms with Gasteiger partial charge in [-0.05, 0) is 24.4 Å². The van der Waals surface area contributed by atoms with E-state index in [4.69, 9.17) is 24.4 Å². The van der Waals surface area contributed by atoms with Crippen molar-refractivity contribution < 1.29 is 0 Å². The lowest BCUT2D eigenvalue weighted by molar-refractivity contribution is 0.711. The second-order valence-corrected chi connectivity index (χ2v) is 5.86. The van der Waals surface area contributed by atoms with E-state index in [1.165, 1.54) is 0 Å². The molecule has 10 nitrogen and oxygen atoms in total. The fraction of sp³-hybridized carbons (Fsp3) is 0. The number of H-pyrrole nitrogens is 2. The van der Waals surface area contributed by atoms with Crippen molar-refractivity contribution in [1.29, 1.82) is 0 Å². The zero-order chi connectivity index (χ0) is 18.3. The van der Waals surface area contributed by atoms with Crippen LogP contribution < -0.4 is 11.1 Å². The molecule has 3 aromatic heterocycles. The van der Waals surface area contributed by atoms with E-state index in [1.54, 1.807) is 24.3 Å². The van der Waals surface area contributed by atoms with Crippen LogP contribution in [0.2, 0.25) is 0 Å². The summed E-state index contributed by atoms with van der Waals surface area (Å²) in [5.74, 6) is 0.451. The van der Waals surface area contributed by atoms with Gasteiger partial charge in [-0.1, -0.05) is 24.3 Å². The van der Waals surface area contributed by atoms with Gasteiger partial charge in [-0.2, -0.15) is 9.36 Å². The zero-order valence-corrected chi connectivity index (χ0v) is 14.4. The molecule has 0 bridgehead atoms. The summed E-state index contributed by atoms with van der Waals surface area (Å²) in [7, 11) is 0. The van der Waals surface area contributed by atoms with Crippen molar-refractivity contribution in [2.24, 2.45) is 0 Å². The Kier molecular flexibility index (Phi) is 3.82. The number of benzene rings is 1. The van der Waals surface area contributed by atoms with E-state index in [0.717, 1.165) is 21.8 Å². The smallest absolute Gasteiger partial charge is 0.266 e. The standard InChI is InChI=1S/C14H8N8O2S2/c23-9-5-15-13(25)19-21(9)11-7-3-1-2-4-8(7)12(18-17-11)22-10(24)6-16-14(26)20-22/h1-6H,(H,19,25)(H,20,26). The van der Waals surface area contributed by atoms with Gasteiger partial charge in [0.15, 0.2) is 11.6 Å². The van der Waals surface area contributed by atoms with Gasteiger partial charge in [0, 0.05) is 10.8 Å². The molecule has 26 heavy (non-hydrogen) atoms. The fourth-order valence-electron chi connectivity index (χ4n) is 2.42. The molecule has 0 saturated carbocycles. The van der Waals surface area contributed by atoms with Crippen molar-refractivity contribution in [3.8, 4) is 11.6 Å². The first-order chi connectivity index (χ1) is 12.5. The molecule has 128 valence electrons. The Balaban J connectivity index is 2.10. The normalized spacial score (nSPS) is 10.9. The zero-order valence-electron chi connectivity index (χ0n) is 12.8. The summed E-state index contributed by atoms with van der Waals surface area (Å²) in [6.07, 6.45) is 2.18. The second kappa shape index (κ2) is 6.16. The highest BCUT2D eigenvalue weighted by Gasteiger charge is 2.14. The third-order valence-electron chi connectivity index (χ3n) is 3.51. The first kappa shape index (κ1) is 16.1. The van der Waals surface area contributed by atoms with Crippen molar-refractivity contribution in [3.63, 3.8) is 0 Å². The van der Waals surface area contributed by atoms with Crippen LogP contribution in [-0.2, 0) is 0 Å². The lowest BCUT2D eigenvalue weighted by Gasteiger charge is -2.11. The molecule has 4 rings (SSSR count). The van der Waals surface area contributed by atoms with Crippen LogP contribution in [0.4, 0.5) is 0 Å². The van der Waals surface area contributed by atoms with Gasteiger partial charge in [0.1, 0.15) is 0 Å². The summed E-state index contributed by atoms with van der Waals surface area (Å²) in [4.78, 5) is 31.8. The third kappa shape index (κ3) is 2.66. The molecule has 1 aromatic carbocycles. The van der Waals surface area contributed by atoms with E-state index in [0.29, 0.717) is 10.8 Å². The highest BCUT2D eigenvalue weighted by Crippen LogP contribution is 2.22. The number of aromatic nitrogens is 8. The quantitative estimate of drug-likeness (QED) is 0.487. The summed E-state index contributed by atoms with van der Waals surface area (Å²) < 4.78 is 2.53. The number of rotatable bonds is 2. The van der Waals surface area contributed by atoms with Crippen molar-refractivity contribution in [3.05, 3.63) is 66.9 Å². The van der Waals surface area contributed by atoms with Crippen LogP contribution in [-0.4, -0.2) is 39.7 Å². The van der Waals surface area contributed by atoms with Gasteiger partial charge >= 0.3 is 0 Å². The molecular weight excluding hydrogens is 376 g/mol. The molecular formula is C14H8N8O2S2. The summed E-state index contributed by atoms with van der Waals surface area (Å²) in [6.45, 7) is 0. The molecule has 0 saturated heterocycles. The summed E-state index contributed by atoms with van der Waals surface area (Å²) in [5.41, 5.74) is -0.905. The number of nitrogens with zero attached hydrogens (tertiary/aromatic N) is 6. The van der Waals surface area contributed by atoms with Crippen LogP contribution >= 0.6 is 24.4 Å². The summed E-state index contributed by atoms with van der Waals surface area (Å²) >= 11 is 9.94. The van der Waals surface area contributed by atoms with Crippen molar-refractivity contribution in [2.45, 2.75) is 0 Å². The van der Waals surface area contributed by atoms with E-state index in [1.807, 2.05) is 0 Å². The molecule has 0 amide bonds. The van der Waals surface area contributed by atoms with Crippen LogP contribution in [0.1, 0.15) is 0 Å². The second-order valence-electron chi connectivity index (χ2n) is 5.09. The number of aromatic amines is 2. The Morgan fingerprint density at radius 1 is 0.769 bits per heavy atom. The average Bonchev–Trinajstić information content (AvgIpc) is 2.65. The molecule has 0 aliphatic heterocycles. The minimum absolute atomic E-state index is 0.119. The maximum Gasteiger partial charge on any atom is 0.289 e. The van der Waals surface area contributed by atoms with Crippen molar-refractivity contribution in [2.75, 3.05) is 0 Å².